The maximum atomic E-state index is 10.1. The van der Waals surface area contributed by atoms with Gasteiger partial charge in [0.1, 0.15) is 0 Å². The molecule has 0 aliphatic heterocycles. The van der Waals surface area contributed by atoms with Crippen LogP contribution >= 0.6 is 0 Å². The average Bonchev–Trinajstić information content (AvgIpc) is 2.46. The Kier molecular flexibility index (Phi) is 21.0. The molecule has 0 aromatic carbocycles. The summed E-state index contributed by atoms with van der Waals surface area (Å²) in [7, 11) is 0. The van der Waals surface area contributed by atoms with Crippen LogP contribution < -0.4 is 5.73 Å². The largest absolute Gasteiger partial charge is 0.481 e. The summed E-state index contributed by atoms with van der Waals surface area (Å²) >= 11 is 0. The molecular formula is C17H35NO4. The van der Waals surface area contributed by atoms with Crippen molar-refractivity contribution in [3.05, 3.63) is 0 Å². The van der Waals surface area contributed by atoms with Gasteiger partial charge in [-0.1, -0.05) is 58.3 Å². The van der Waals surface area contributed by atoms with Crippen molar-refractivity contribution in [1.29, 1.82) is 0 Å². The molecule has 0 saturated heterocycles. The van der Waals surface area contributed by atoms with E-state index in [9.17, 15) is 9.59 Å². The van der Waals surface area contributed by atoms with Crippen molar-refractivity contribution in [1.82, 2.24) is 0 Å². The molecule has 0 unspecified atom stereocenters. The van der Waals surface area contributed by atoms with Crippen LogP contribution in [0.1, 0.15) is 90.4 Å². The van der Waals surface area contributed by atoms with Gasteiger partial charge in [-0.3, -0.25) is 9.59 Å². The molecule has 4 N–H and O–H groups in total. The molecule has 0 fully saturated rings. The highest BCUT2D eigenvalue weighted by Crippen LogP contribution is 2.07. The Hall–Kier alpha value is -1.10. The fraction of sp³-hybridized carbons (Fsp3) is 0.882. The van der Waals surface area contributed by atoms with Crippen LogP contribution in [-0.4, -0.2) is 28.7 Å². The van der Waals surface area contributed by atoms with Crippen LogP contribution in [0.2, 0.25) is 0 Å². The van der Waals surface area contributed by atoms with E-state index < -0.39 is 11.9 Å². The van der Waals surface area contributed by atoms with E-state index in [0.717, 1.165) is 25.8 Å². The number of carboxylic acid groups (broad SMARTS) is 2. The van der Waals surface area contributed by atoms with E-state index in [1.165, 1.54) is 38.5 Å². The summed E-state index contributed by atoms with van der Waals surface area (Å²) in [5, 5.41) is 16.6. The predicted molar refractivity (Wildman–Crippen MR) is 90.0 cm³/mol. The van der Waals surface area contributed by atoms with Gasteiger partial charge in [0.05, 0.1) is 0 Å². The van der Waals surface area contributed by atoms with E-state index >= 15 is 0 Å². The first-order valence-electron chi connectivity index (χ1n) is 8.68. The molecule has 0 aliphatic rings. The molecule has 0 atom stereocenters. The van der Waals surface area contributed by atoms with Gasteiger partial charge in [-0.05, 0) is 25.8 Å². The van der Waals surface area contributed by atoms with Crippen molar-refractivity contribution in [3.8, 4) is 0 Å². The molecule has 0 bridgehead atoms. The lowest BCUT2D eigenvalue weighted by Crippen LogP contribution is -1.97. The number of hydrogen-bond donors (Lipinski definition) is 3. The molecule has 5 nitrogen and oxygen atoms in total. The monoisotopic (exact) mass is 317 g/mol. The molecule has 0 radical (unpaired) electrons. The zero-order valence-electron chi connectivity index (χ0n) is 14.2. The van der Waals surface area contributed by atoms with Crippen LogP contribution in [0.5, 0.6) is 0 Å². The van der Waals surface area contributed by atoms with Gasteiger partial charge in [0.15, 0.2) is 0 Å². The van der Waals surface area contributed by atoms with Crippen LogP contribution in [0.3, 0.4) is 0 Å². The van der Waals surface area contributed by atoms with Crippen molar-refractivity contribution >= 4 is 11.9 Å². The minimum atomic E-state index is -0.759. The summed E-state index contributed by atoms with van der Waals surface area (Å²) in [4.78, 5) is 20.2. The Labute approximate surface area is 135 Å². The van der Waals surface area contributed by atoms with Crippen LogP contribution in [0.25, 0.3) is 0 Å². The molecule has 0 aromatic rings. The number of unbranched alkanes of at least 4 members (excludes halogenated alkanes) is 9. The van der Waals surface area contributed by atoms with E-state index in [0.29, 0.717) is 12.8 Å². The summed E-state index contributed by atoms with van der Waals surface area (Å²) in [6.07, 6.45) is 12.6. The van der Waals surface area contributed by atoms with Crippen LogP contribution in [0, 0.1) is 0 Å². The smallest absolute Gasteiger partial charge is 0.303 e. The highest BCUT2D eigenvalue weighted by Gasteiger charge is 1.98. The molecule has 0 amide bonds. The summed E-state index contributed by atoms with van der Waals surface area (Å²) in [5.41, 5.74) is 5.34. The van der Waals surface area contributed by atoms with Gasteiger partial charge in [-0.15, -0.1) is 0 Å². The molecule has 0 aromatic heterocycles. The first kappa shape index (κ1) is 23.2. The molecule has 0 aliphatic carbocycles. The Bertz CT molecular complexity index is 233. The molecule has 132 valence electrons. The van der Waals surface area contributed by atoms with Crippen molar-refractivity contribution in [2.75, 3.05) is 6.54 Å². The van der Waals surface area contributed by atoms with E-state index in [1.54, 1.807) is 0 Å². The summed E-state index contributed by atoms with van der Waals surface area (Å²) in [5.74, 6) is -1.52. The highest BCUT2D eigenvalue weighted by atomic mass is 16.4. The van der Waals surface area contributed by atoms with Crippen molar-refractivity contribution in [2.24, 2.45) is 5.73 Å². The number of aliphatic carboxylic acids is 2. The Balaban J connectivity index is 0. The number of carbonyl (C=O) groups is 2. The Morgan fingerprint density at radius 2 is 1.05 bits per heavy atom. The lowest BCUT2D eigenvalue weighted by Gasteiger charge is -1.97. The van der Waals surface area contributed by atoms with Crippen molar-refractivity contribution in [2.45, 2.75) is 90.4 Å². The van der Waals surface area contributed by atoms with E-state index in [2.05, 4.69) is 6.92 Å². The van der Waals surface area contributed by atoms with Gasteiger partial charge in [-0.2, -0.15) is 0 Å². The topological polar surface area (TPSA) is 101 Å². The number of carboxylic acids is 2. The van der Waals surface area contributed by atoms with Crippen LogP contribution in [-0.2, 0) is 9.59 Å². The third kappa shape index (κ3) is 27.3. The minimum absolute atomic E-state index is 0.221. The van der Waals surface area contributed by atoms with Crippen LogP contribution in [0.4, 0.5) is 0 Å². The first-order valence-corrected chi connectivity index (χ1v) is 8.68. The third-order valence-corrected chi connectivity index (χ3v) is 3.34. The fourth-order valence-corrected chi connectivity index (χ4v) is 2.01. The van der Waals surface area contributed by atoms with Gasteiger partial charge in [0, 0.05) is 12.8 Å². The minimum Gasteiger partial charge on any atom is -0.481 e. The van der Waals surface area contributed by atoms with Crippen LogP contribution in [0.15, 0.2) is 0 Å². The molecule has 22 heavy (non-hydrogen) atoms. The maximum absolute atomic E-state index is 10.1. The molecule has 0 saturated carbocycles. The predicted octanol–water partition coefficient (Wildman–Crippen LogP) is 4.19. The average molecular weight is 317 g/mol. The molecule has 0 spiro atoms. The van der Waals surface area contributed by atoms with Crippen molar-refractivity contribution < 1.29 is 19.8 Å². The Morgan fingerprint density at radius 1 is 0.682 bits per heavy atom. The second-order valence-electron chi connectivity index (χ2n) is 5.61. The standard InChI is InChI=1S/C9H16O4.C8H19N/c10-8(11)6-4-2-1-3-5-7-9(12)13;1-2-3-4-5-6-7-8-9/h1-7H2,(H,10,11)(H,12,13);2-9H2,1H3. The number of nitrogens with two attached hydrogens (primary N) is 1. The SMILES string of the molecule is CCCCCCCCN.O=C(O)CCCCCCCC(=O)O. The van der Waals surface area contributed by atoms with E-state index in [4.69, 9.17) is 15.9 Å². The lowest BCUT2D eigenvalue weighted by atomic mass is 10.1. The second kappa shape index (κ2) is 19.9. The zero-order chi connectivity index (χ0) is 17.1. The van der Waals surface area contributed by atoms with E-state index in [1.807, 2.05) is 0 Å². The van der Waals surface area contributed by atoms with Gasteiger partial charge in [0.25, 0.3) is 0 Å². The molecule has 0 rings (SSSR count). The normalized spacial score (nSPS) is 9.91. The summed E-state index contributed by atoms with van der Waals surface area (Å²) in [6, 6.07) is 0. The molecule has 5 heteroatoms. The fourth-order valence-electron chi connectivity index (χ4n) is 2.01. The molecule has 0 heterocycles. The molecular weight excluding hydrogens is 282 g/mol. The third-order valence-electron chi connectivity index (χ3n) is 3.34. The Morgan fingerprint density at radius 3 is 1.41 bits per heavy atom. The van der Waals surface area contributed by atoms with E-state index in [-0.39, 0.29) is 12.8 Å². The number of rotatable bonds is 14. The van der Waals surface area contributed by atoms with Crippen molar-refractivity contribution in [3.63, 3.8) is 0 Å². The number of hydrogen-bond acceptors (Lipinski definition) is 3. The van der Waals surface area contributed by atoms with Gasteiger partial charge < -0.3 is 15.9 Å². The first-order chi connectivity index (χ1) is 10.5. The maximum Gasteiger partial charge on any atom is 0.303 e. The summed E-state index contributed by atoms with van der Waals surface area (Å²) in [6.45, 7) is 3.11. The van der Waals surface area contributed by atoms with Gasteiger partial charge >= 0.3 is 11.9 Å². The van der Waals surface area contributed by atoms with Gasteiger partial charge in [0.2, 0.25) is 0 Å². The lowest BCUT2D eigenvalue weighted by molar-refractivity contribution is -0.138. The summed E-state index contributed by atoms with van der Waals surface area (Å²) < 4.78 is 0. The highest BCUT2D eigenvalue weighted by molar-refractivity contribution is 5.66. The quantitative estimate of drug-likeness (QED) is 0.417. The zero-order valence-corrected chi connectivity index (χ0v) is 14.2. The van der Waals surface area contributed by atoms with Gasteiger partial charge in [-0.25, -0.2) is 0 Å². The second-order valence-corrected chi connectivity index (χ2v) is 5.61.